The van der Waals surface area contributed by atoms with Crippen molar-refractivity contribution in [2.45, 2.75) is 26.2 Å². The first-order chi connectivity index (χ1) is 14.6. The molecule has 0 saturated carbocycles. The number of thiophene rings is 1. The van der Waals surface area contributed by atoms with E-state index in [0.717, 1.165) is 47.4 Å². The van der Waals surface area contributed by atoms with E-state index in [1.807, 2.05) is 29.0 Å². The molecule has 3 aromatic rings. The summed E-state index contributed by atoms with van der Waals surface area (Å²) in [6, 6.07) is 10.3. The maximum Gasteiger partial charge on any atom is 0.275 e. The van der Waals surface area contributed by atoms with Gasteiger partial charge in [0.15, 0.2) is 0 Å². The zero-order valence-electron chi connectivity index (χ0n) is 17.1. The van der Waals surface area contributed by atoms with Crippen LogP contribution in [0.2, 0.25) is 0 Å². The first-order valence-corrected chi connectivity index (χ1v) is 12.2. The lowest BCUT2D eigenvalue weighted by Gasteiger charge is -2.42. The van der Waals surface area contributed by atoms with Crippen molar-refractivity contribution in [1.82, 2.24) is 10.3 Å². The van der Waals surface area contributed by atoms with Gasteiger partial charge in [-0.15, -0.1) is 22.7 Å². The topological polar surface area (TPSA) is 57.3 Å². The molecule has 1 atom stereocenters. The number of aromatic nitrogens is 1. The number of nitrogens with one attached hydrogen (secondary N) is 2. The predicted octanol–water partition coefficient (Wildman–Crippen LogP) is 5.01. The van der Waals surface area contributed by atoms with Gasteiger partial charge in [-0.25, -0.2) is 4.98 Å². The maximum absolute atomic E-state index is 13.0. The van der Waals surface area contributed by atoms with E-state index < -0.39 is 0 Å². The molecular formula is C23H26N4OS2. The molecule has 2 aliphatic rings. The summed E-state index contributed by atoms with van der Waals surface area (Å²) in [5.74, 6) is -0.145. The Bertz CT molecular complexity index is 1040. The Labute approximate surface area is 185 Å². The minimum Gasteiger partial charge on any atom is -0.369 e. The Kier molecular flexibility index (Phi) is 5.35. The van der Waals surface area contributed by atoms with Gasteiger partial charge in [-0.3, -0.25) is 4.79 Å². The molecule has 5 rings (SSSR count). The number of benzene rings is 1. The molecule has 2 aromatic heterocycles. The highest BCUT2D eigenvalue weighted by atomic mass is 32.1. The number of carbonyl (C=O) groups is 1. The van der Waals surface area contributed by atoms with Crippen molar-refractivity contribution in [3.63, 3.8) is 0 Å². The zero-order chi connectivity index (χ0) is 20.6. The predicted molar refractivity (Wildman–Crippen MR) is 126 cm³/mol. The fourth-order valence-corrected chi connectivity index (χ4v) is 6.26. The molecule has 7 heteroatoms. The van der Waals surface area contributed by atoms with Gasteiger partial charge in [-0.05, 0) is 61.9 Å². The fraction of sp³-hybridized carbons (Fsp3) is 0.391. The second-order valence-electron chi connectivity index (χ2n) is 8.44. The number of hydrogen-bond donors (Lipinski definition) is 2. The molecule has 2 saturated heterocycles. The number of anilines is 2. The van der Waals surface area contributed by atoms with Gasteiger partial charge >= 0.3 is 0 Å². The van der Waals surface area contributed by atoms with Crippen LogP contribution in [0, 0.1) is 12.3 Å². The monoisotopic (exact) mass is 438 g/mol. The van der Waals surface area contributed by atoms with Crippen molar-refractivity contribution in [1.29, 1.82) is 0 Å². The highest BCUT2D eigenvalue weighted by Gasteiger charge is 2.38. The largest absolute Gasteiger partial charge is 0.369 e. The van der Waals surface area contributed by atoms with Crippen LogP contribution in [-0.2, 0) is 0 Å². The minimum atomic E-state index is -0.145. The van der Waals surface area contributed by atoms with Gasteiger partial charge < -0.3 is 15.5 Å². The van der Waals surface area contributed by atoms with Gasteiger partial charge in [0.2, 0.25) is 0 Å². The first kappa shape index (κ1) is 19.7. The molecule has 4 heterocycles. The average Bonchev–Trinajstić information content (AvgIpc) is 3.51. The number of carbonyl (C=O) groups excluding carboxylic acids is 1. The highest BCUT2D eigenvalue weighted by Crippen LogP contribution is 2.39. The molecule has 156 valence electrons. The molecular weight excluding hydrogens is 412 g/mol. The van der Waals surface area contributed by atoms with Crippen LogP contribution < -0.4 is 15.5 Å². The normalized spacial score (nSPS) is 21.3. The molecule has 5 nitrogen and oxygen atoms in total. The maximum atomic E-state index is 13.0. The number of hydrogen-bond acceptors (Lipinski definition) is 6. The molecule has 0 radical (unpaired) electrons. The van der Waals surface area contributed by atoms with Crippen molar-refractivity contribution in [2.24, 2.45) is 5.41 Å². The number of rotatable bonds is 4. The van der Waals surface area contributed by atoms with Crippen LogP contribution in [0.3, 0.4) is 0 Å². The van der Waals surface area contributed by atoms with Crippen molar-refractivity contribution in [2.75, 3.05) is 36.4 Å². The Morgan fingerprint density at radius 3 is 3.00 bits per heavy atom. The quantitative estimate of drug-likeness (QED) is 0.601. The molecule has 2 fully saturated rings. The minimum absolute atomic E-state index is 0.145. The Balaban J connectivity index is 1.38. The molecule has 30 heavy (non-hydrogen) atoms. The van der Waals surface area contributed by atoms with E-state index in [0.29, 0.717) is 11.1 Å². The second kappa shape index (κ2) is 8.13. The smallest absolute Gasteiger partial charge is 0.275 e. The van der Waals surface area contributed by atoms with Gasteiger partial charge in [0.05, 0.1) is 16.3 Å². The molecule has 1 unspecified atom stereocenters. The fourth-order valence-electron chi connectivity index (χ4n) is 4.64. The van der Waals surface area contributed by atoms with Crippen LogP contribution in [0.4, 0.5) is 11.4 Å². The SMILES string of the molecule is Cc1ccc(NC(=O)c2csc(-c3cccs3)n2)c(N2CCCC3(CCNC3)C2)c1. The van der Waals surface area contributed by atoms with E-state index in [1.54, 1.807) is 11.3 Å². The van der Waals surface area contributed by atoms with E-state index in [-0.39, 0.29) is 5.91 Å². The summed E-state index contributed by atoms with van der Waals surface area (Å²) >= 11 is 3.16. The van der Waals surface area contributed by atoms with Crippen LogP contribution in [-0.4, -0.2) is 37.1 Å². The Morgan fingerprint density at radius 1 is 1.27 bits per heavy atom. The molecule has 1 spiro atoms. The lowest BCUT2D eigenvalue weighted by molar-refractivity contribution is 0.102. The summed E-state index contributed by atoms with van der Waals surface area (Å²) in [4.78, 5) is 21.1. The van der Waals surface area contributed by atoms with Gasteiger partial charge in [0.25, 0.3) is 5.91 Å². The second-order valence-corrected chi connectivity index (χ2v) is 10.2. The van der Waals surface area contributed by atoms with E-state index in [1.165, 1.54) is 36.2 Å². The summed E-state index contributed by atoms with van der Waals surface area (Å²) in [5.41, 5.74) is 4.06. The number of piperidine rings is 1. The van der Waals surface area contributed by atoms with E-state index >= 15 is 0 Å². The summed E-state index contributed by atoms with van der Waals surface area (Å²) in [6.45, 7) is 6.40. The third kappa shape index (κ3) is 3.89. The number of amides is 1. The highest BCUT2D eigenvalue weighted by molar-refractivity contribution is 7.20. The van der Waals surface area contributed by atoms with E-state index in [4.69, 9.17) is 0 Å². The molecule has 1 aromatic carbocycles. The Morgan fingerprint density at radius 2 is 2.20 bits per heavy atom. The van der Waals surface area contributed by atoms with Crippen LogP contribution in [0.5, 0.6) is 0 Å². The van der Waals surface area contributed by atoms with Gasteiger partial charge in [-0.2, -0.15) is 0 Å². The standard InChI is InChI=1S/C23H26N4OS2/c1-16-5-6-17(19(12-16)27-10-3-7-23(15-27)8-9-24-14-23)25-21(28)18-13-30-22(26-18)20-4-2-11-29-20/h2,4-6,11-13,24H,3,7-10,14-15H2,1H3,(H,25,28). The van der Waals surface area contributed by atoms with Crippen molar-refractivity contribution >= 4 is 40.0 Å². The first-order valence-electron chi connectivity index (χ1n) is 10.5. The third-order valence-electron chi connectivity index (χ3n) is 6.20. The third-order valence-corrected chi connectivity index (χ3v) is 8.09. The van der Waals surface area contributed by atoms with Gasteiger partial charge in [0, 0.05) is 30.4 Å². The summed E-state index contributed by atoms with van der Waals surface area (Å²) < 4.78 is 0. The van der Waals surface area contributed by atoms with E-state index in [9.17, 15) is 4.79 Å². The number of nitrogens with zero attached hydrogens (tertiary/aromatic N) is 2. The van der Waals surface area contributed by atoms with Crippen LogP contribution in [0.15, 0.2) is 41.1 Å². The van der Waals surface area contributed by atoms with Gasteiger partial charge in [0.1, 0.15) is 10.7 Å². The van der Waals surface area contributed by atoms with Crippen LogP contribution in [0.25, 0.3) is 9.88 Å². The lowest BCUT2D eigenvalue weighted by Crippen LogP contribution is -2.44. The summed E-state index contributed by atoms with van der Waals surface area (Å²) in [5, 5.41) is 11.5. The molecule has 2 N–H and O–H groups in total. The summed E-state index contributed by atoms with van der Waals surface area (Å²) in [7, 11) is 0. The van der Waals surface area contributed by atoms with E-state index in [2.05, 4.69) is 39.6 Å². The zero-order valence-corrected chi connectivity index (χ0v) is 18.7. The van der Waals surface area contributed by atoms with Crippen molar-refractivity contribution in [3.05, 3.63) is 52.3 Å². The van der Waals surface area contributed by atoms with Gasteiger partial charge in [-0.1, -0.05) is 12.1 Å². The van der Waals surface area contributed by atoms with Crippen molar-refractivity contribution in [3.8, 4) is 9.88 Å². The molecule has 0 aliphatic carbocycles. The molecule has 0 bridgehead atoms. The summed E-state index contributed by atoms with van der Waals surface area (Å²) in [6.07, 6.45) is 3.72. The van der Waals surface area contributed by atoms with Crippen molar-refractivity contribution < 1.29 is 4.79 Å². The number of aryl methyl sites for hydroxylation is 1. The van der Waals surface area contributed by atoms with Crippen LogP contribution >= 0.6 is 22.7 Å². The lowest BCUT2D eigenvalue weighted by atomic mass is 9.79. The average molecular weight is 439 g/mol. The van der Waals surface area contributed by atoms with Crippen LogP contribution in [0.1, 0.15) is 35.3 Å². The molecule has 2 aliphatic heterocycles. The molecule has 1 amide bonds. The number of thiazole rings is 1. The Hall–Kier alpha value is -2.22.